The zero-order valence-corrected chi connectivity index (χ0v) is 10.4. The van der Waals surface area contributed by atoms with Crippen molar-refractivity contribution >= 4 is 5.91 Å². The number of primary amides is 1. The Morgan fingerprint density at radius 3 is 2.47 bits per heavy atom. The quantitative estimate of drug-likeness (QED) is 0.577. The molecular formula is C12H26N2O. The molecule has 0 bridgehead atoms. The average molecular weight is 214 g/mol. The lowest BCUT2D eigenvalue weighted by atomic mass is 10.1. The Morgan fingerprint density at radius 1 is 1.27 bits per heavy atom. The predicted molar refractivity (Wildman–Crippen MR) is 64.6 cm³/mol. The van der Waals surface area contributed by atoms with E-state index in [1.807, 2.05) is 6.92 Å². The fourth-order valence-corrected chi connectivity index (χ4v) is 1.46. The Balaban J connectivity index is 3.40. The Bertz CT molecular complexity index is 171. The van der Waals surface area contributed by atoms with Gasteiger partial charge in [-0.25, -0.2) is 0 Å². The summed E-state index contributed by atoms with van der Waals surface area (Å²) in [6, 6.07) is 0.489. The highest BCUT2D eigenvalue weighted by atomic mass is 16.1. The van der Waals surface area contributed by atoms with Crippen molar-refractivity contribution in [2.45, 2.75) is 58.9 Å². The molecule has 0 aromatic rings. The number of hydrogen-bond acceptors (Lipinski definition) is 2. The molecule has 0 saturated carbocycles. The average Bonchev–Trinajstić information content (AvgIpc) is 2.20. The van der Waals surface area contributed by atoms with Gasteiger partial charge in [0.1, 0.15) is 0 Å². The minimum absolute atomic E-state index is 0.0666. The number of carbonyl (C=O) groups excluding carboxylic acids is 1. The molecule has 0 fully saturated rings. The maximum atomic E-state index is 10.8. The first kappa shape index (κ1) is 14.4. The minimum Gasteiger partial charge on any atom is -0.369 e. The standard InChI is InChI=1S/C12H26N2O/c1-4-5-6-7-8-11(3)14-9-10(2)12(13)15/h10-11,14H,4-9H2,1-3H3,(H2,13,15). The van der Waals surface area contributed by atoms with Crippen LogP contribution in [0.2, 0.25) is 0 Å². The molecule has 15 heavy (non-hydrogen) atoms. The number of nitrogens with one attached hydrogen (secondary N) is 1. The normalized spacial score (nSPS) is 14.9. The number of unbranched alkanes of at least 4 members (excludes halogenated alkanes) is 3. The van der Waals surface area contributed by atoms with Crippen LogP contribution < -0.4 is 11.1 Å². The van der Waals surface area contributed by atoms with E-state index in [9.17, 15) is 4.79 Å². The molecule has 1 amide bonds. The summed E-state index contributed by atoms with van der Waals surface area (Å²) in [5.74, 6) is -0.288. The molecule has 0 aliphatic heterocycles. The highest BCUT2D eigenvalue weighted by molar-refractivity contribution is 5.76. The molecule has 0 saturated heterocycles. The SMILES string of the molecule is CCCCCCC(C)NCC(C)C(N)=O. The van der Waals surface area contributed by atoms with Crippen LogP contribution in [0.5, 0.6) is 0 Å². The van der Waals surface area contributed by atoms with Crippen molar-refractivity contribution in [3.8, 4) is 0 Å². The van der Waals surface area contributed by atoms with Crippen LogP contribution in [0.1, 0.15) is 52.9 Å². The molecule has 2 atom stereocenters. The van der Waals surface area contributed by atoms with Crippen molar-refractivity contribution in [1.29, 1.82) is 0 Å². The van der Waals surface area contributed by atoms with Gasteiger partial charge in [-0.2, -0.15) is 0 Å². The van der Waals surface area contributed by atoms with Gasteiger partial charge in [-0.3, -0.25) is 4.79 Å². The summed E-state index contributed by atoms with van der Waals surface area (Å²) in [6.07, 6.45) is 6.37. The lowest BCUT2D eigenvalue weighted by molar-refractivity contribution is -0.121. The zero-order chi connectivity index (χ0) is 11.7. The van der Waals surface area contributed by atoms with Crippen LogP contribution in [0.3, 0.4) is 0 Å². The van der Waals surface area contributed by atoms with E-state index in [1.165, 1.54) is 32.1 Å². The van der Waals surface area contributed by atoms with Gasteiger partial charge < -0.3 is 11.1 Å². The number of nitrogens with two attached hydrogens (primary N) is 1. The maximum absolute atomic E-state index is 10.8. The third-order valence-electron chi connectivity index (χ3n) is 2.75. The Hall–Kier alpha value is -0.570. The molecule has 3 heteroatoms. The molecule has 2 unspecified atom stereocenters. The van der Waals surface area contributed by atoms with Gasteiger partial charge in [-0.15, -0.1) is 0 Å². The Labute approximate surface area is 93.8 Å². The van der Waals surface area contributed by atoms with E-state index in [4.69, 9.17) is 5.73 Å². The van der Waals surface area contributed by atoms with E-state index in [-0.39, 0.29) is 11.8 Å². The monoisotopic (exact) mass is 214 g/mol. The summed E-state index contributed by atoms with van der Waals surface area (Å²) in [5, 5.41) is 3.34. The first-order valence-corrected chi connectivity index (χ1v) is 6.10. The van der Waals surface area contributed by atoms with E-state index in [2.05, 4.69) is 19.2 Å². The minimum atomic E-state index is -0.222. The van der Waals surface area contributed by atoms with Gasteiger partial charge in [0.2, 0.25) is 5.91 Å². The molecule has 0 aliphatic carbocycles. The molecule has 0 aromatic carbocycles. The number of carbonyl (C=O) groups is 1. The van der Waals surface area contributed by atoms with E-state index in [1.54, 1.807) is 0 Å². The highest BCUT2D eigenvalue weighted by Crippen LogP contribution is 2.05. The van der Waals surface area contributed by atoms with Crippen molar-refractivity contribution < 1.29 is 4.79 Å². The van der Waals surface area contributed by atoms with E-state index in [0.29, 0.717) is 12.6 Å². The topological polar surface area (TPSA) is 55.1 Å². The van der Waals surface area contributed by atoms with Gasteiger partial charge >= 0.3 is 0 Å². The van der Waals surface area contributed by atoms with Crippen LogP contribution in [0.25, 0.3) is 0 Å². The van der Waals surface area contributed by atoms with Crippen molar-refractivity contribution in [3.63, 3.8) is 0 Å². The Morgan fingerprint density at radius 2 is 1.93 bits per heavy atom. The predicted octanol–water partition coefficient (Wildman–Crippen LogP) is 2.06. The molecular weight excluding hydrogens is 188 g/mol. The molecule has 3 N–H and O–H groups in total. The van der Waals surface area contributed by atoms with E-state index >= 15 is 0 Å². The smallest absolute Gasteiger partial charge is 0.221 e. The second-order valence-corrected chi connectivity index (χ2v) is 4.46. The van der Waals surface area contributed by atoms with Gasteiger partial charge in [0.15, 0.2) is 0 Å². The Kier molecular flexibility index (Phi) is 8.38. The van der Waals surface area contributed by atoms with Gasteiger partial charge in [0.05, 0.1) is 0 Å². The second kappa shape index (κ2) is 8.72. The molecule has 0 rings (SSSR count). The highest BCUT2D eigenvalue weighted by Gasteiger charge is 2.09. The lowest BCUT2D eigenvalue weighted by Gasteiger charge is -2.15. The maximum Gasteiger partial charge on any atom is 0.221 e. The summed E-state index contributed by atoms with van der Waals surface area (Å²) in [7, 11) is 0. The third-order valence-corrected chi connectivity index (χ3v) is 2.75. The second-order valence-electron chi connectivity index (χ2n) is 4.46. The number of rotatable bonds is 9. The van der Waals surface area contributed by atoms with Crippen molar-refractivity contribution in [2.75, 3.05) is 6.54 Å². The summed E-state index contributed by atoms with van der Waals surface area (Å²) >= 11 is 0. The van der Waals surface area contributed by atoms with Crippen molar-refractivity contribution in [3.05, 3.63) is 0 Å². The van der Waals surface area contributed by atoms with Crippen LogP contribution in [0.15, 0.2) is 0 Å². The summed E-state index contributed by atoms with van der Waals surface area (Å²) in [6.45, 7) is 6.94. The van der Waals surface area contributed by atoms with Gasteiger partial charge in [0.25, 0.3) is 0 Å². The zero-order valence-electron chi connectivity index (χ0n) is 10.4. The van der Waals surface area contributed by atoms with Crippen LogP contribution in [-0.2, 0) is 4.79 Å². The van der Waals surface area contributed by atoms with Crippen LogP contribution in [0.4, 0.5) is 0 Å². The van der Waals surface area contributed by atoms with Crippen LogP contribution in [0, 0.1) is 5.92 Å². The number of amides is 1. The van der Waals surface area contributed by atoms with E-state index < -0.39 is 0 Å². The molecule has 3 nitrogen and oxygen atoms in total. The van der Waals surface area contributed by atoms with Crippen molar-refractivity contribution in [1.82, 2.24) is 5.32 Å². The fraction of sp³-hybridized carbons (Fsp3) is 0.917. The van der Waals surface area contributed by atoms with E-state index in [0.717, 1.165) is 0 Å². The van der Waals surface area contributed by atoms with Gasteiger partial charge in [0, 0.05) is 18.5 Å². The largest absolute Gasteiger partial charge is 0.369 e. The first-order valence-electron chi connectivity index (χ1n) is 6.10. The number of hydrogen-bond donors (Lipinski definition) is 2. The fourth-order valence-electron chi connectivity index (χ4n) is 1.46. The van der Waals surface area contributed by atoms with Crippen LogP contribution in [-0.4, -0.2) is 18.5 Å². The molecule has 0 radical (unpaired) electrons. The van der Waals surface area contributed by atoms with Gasteiger partial charge in [-0.1, -0.05) is 39.5 Å². The van der Waals surface area contributed by atoms with Gasteiger partial charge in [-0.05, 0) is 13.3 Å². The summed E-state index contributed by atoms with van der Waals surface area (Å²) in [5.41, 5.74) is 5.18. The lowest BCUT2D eigenvalue weighted by Crippen LogP contribution is -2.35. The molecule has 0 spiro atoms. The summed E-state index contributed by atoms with van der Waals surface area (Å²) < 4.78 is 0. The summed E-state index contributed by atoms with van der Waals surface area (Å²) in [4.78, 5) is 10.8. The first-order chi connectivity index (χ1) is 7.07. The molecule has 90 valence electrons. The van der Waals surface area contributed by atoms with Crippen LogP contribution >= 0.6 is 0 Å². The molecule has 0 heterocycles. The third kappa shape index (κ3) is 8.43. The molecule has 0 aromatic heterocycles. The van der Waals surface area contributed by atoms with Crippen molar-refractivity contribution in [2.24, 2.45) is 11.7 Å². The molecule has 0 aliphatic rings.